The Morgan fingerprint density at radius 3 is 2.65 bits per heavy atom. The van der Waals surface area contributed by atoms with E-state index in [0.29, 0.717) is 6.42 Å². The molecule has 0 bridgehead atoms. The lowest BCUT2D eigenvalue weighted by Gasteiger charge is -2.09. The van der Waals surface area contributed by atoms with Crippen LogP contribution in [0.4, 0.5) is 13.6 Å². The first-order valence-electron chi connectivity index (χ1n) is 6.08. The summed E-state index contributed by atoms with van der Waals surface area (Å²) < 4.78 is 31.7. The predicted octanol–water partition coefficient (Wildman–Crippen LogP) is 2.69. The van der Waals surface area contributed by atoms with Gasteiger partial charge in [0.25, 0.3) is 0 Å². The highest BCUT2D eigenvalue weighted by atomic mass is 19.1. The number of hydrogen-bond acceptors (Lipinski definition) is 3. The molecule has 110 valence electrons. The molecule has 1 aromatic carbocycles. The van der Waals surface area contributed by atoms with Gasteiger partial charge in [0.05, 0.1) is 6.61 Å². The number of carboxylic acid groups (broad SMARTS) is 1. The molecular weight excluding hydrogens is 272 g/mol. The lowest BCUT2D eigenvalue weighted by Crippen LogP contribution is -2.25. The van der Waals surface area contributed by atoms with E-state index in [1.165, 1.54) is 0 Å². The summed E-state index contributed by atoms with van der Waals surface area (Å²) in [5, 5.41) is 11.0. The fraction of sp³-hybridized carbons (Fsp3) is 0.385. The zero-order valence-electron chi connectivity index (χ0n) is 10.9. The van der Waals surface area contributed by atoms with Crippen molar-refractivity contribution in [1.82, 2.24) is 5.32 Å². The molecule has 1 amide bonds. The Morgan fingerprint density at radius 1 is 1.35 bits per heavy atom. The molecule has 7 heteroatoms. The lowest BCUT2D eigenvalue weighted by atomic mass is 10.1. The fourth-order valence-corrected chi connectivity index (χ4v) is 1.46. The van der Waals surface area contributed by atoms with Gasteiger partial charge in [0, 0.05) is 12.1 Å². The number of unbranched alkanes of at least 4 members (excludes halogenated alkanes) is 1. The molecule has 0 unspecified atom stereocenters. The molecule has 0 saturated carbocycles. The number of carboxylic acids is 1. The van der Waals surface area contributed by atoms with Crippen molar-refractivity contribution in [2.75, 3.05) is 6.61 Å². The smallest absolute Gasteiger partial charge is 0.407 e. The van der Waals surface area contributed by atoms with Crippen LogP contribution in [0, 0.1) is 11.6 Å². The van der Waals surface area contributed by atoms with Crippen LogP contribution in [-0.2, 0) is 11.3 Å². The van der Waals surface area contributed by atoms with Gasteiger partial charge in [-0.25, -0.2) is 18.4 Å². The second kappa shape index (κ2) is 7.42. The van der Waals surface area contributed by atoms with Crippen LogP contribution in [0.3, 0.4) is 0 Å². The van der Waals surface area contributed by atoms with Crippen LogP contribution in [0.15, 0.2) is 12.1 Å². The molecule has 0 aliphatic heterocycles. The number of rotatable bonds is 6. The summed E-state index contributed by atoms with van der Waals surface area (Å²) in [6.07, 6.45) is 0.836. The van der Waals surface area contributed by atoms with E-state index in [4.69, 9.17) is 9.84 Å². The van der Waals surface area contributed by atoms with Gasteiger partial charge in [-0.2, -0.15) is 0 Å². The van der Waals surface area contributed by atoms with E-state index >= 15 is 0 Å². The van der Waals surface area contributed by atoms with Crippen molar-refractivity contribution in [2.24, 2.45) is 0 Å². The standard InChI is InChI=1S/C13H15F2NO4/c1-2-3-6-20-13(19)16-7-8-4-5-9(14)10(11(8)15)12(17)18/h4-5H,2-3,6-7H2,1H3,(H,16,19)(H,17,18). The maximum absolute atomic E-state index is 13.7. The van der Waals surface area contributed by atoms with Gasteiger partial charge in [0.1, 0.15) is 17.2 Å². The summed E-state index contributed by atoms with van der Waals surface area (Å²) in [4.78, 5) is 22.0. The first-order chi connectivity index (χ1) is 9.47. The molecule has 0 heterocycles. The Hall–Kier alpha value is -2.18. The molecule has 0 atom stereocenters. The summed E-state index contributed by atoms with van der Waals surface area (Å²) in [6.45, 7) is 1.90. The summed E-state index contributed by atoms with van der Waals surface area (Å²) in [5.41, 5.74) is -1.17. The molecule has 20 heavy (non-hydrogen) atoms. The van der Waals surface area contributed by atoms with Crippen LogP contribution in [0.2, 0.25) is 0 Å². The molecule has 5 nitrogen and oxygen atoms in total. The van der Waals surface area contributed by atoms with Crippen molar-refractivity contribution < 1.29 is 28.2 Å². The van der Waals surface area contributed by atoms with Crippen molar-refractivity contribution >= 4 is 12.1 Å². The monoisotopic (exact) mass is 287 g/mol. The number of hydrogen-bond donors (Lipinski definition) is 2. The van der Waals surface area contributed by atoms with Crippen molar-refractivity contribution in [3.05, 3.63) is 34.9 Å². The Morgan fingerprint density at radius 2 is 2.05 bits per heavy atom. The first-order valence-corrected chi connectivity index (χ1v) is 6.08. The van der Waals surface area contributed by atoms with E-state index in [-0.39, 0.29) is 18.7 Å². The molecule has 0 saturated heterocycles. The Balaban J connectivity index is 2.67. The third kappa shape index (κ3) is 4.18. The second-order valence-electron chi connectivity index (χ2n) is 4.04. The molecule has 2 N–H and O–H groups in total. The predicted molar refractivity (Wildman–Crippen MR) is 66.4 cm³/mol. The minimum absolute atomic E-state index is 0.128. The molecular formula is C13H15F2NO4. The van der Waals surface area contributed by atoms with Crippen LogP contribution in [0.5, 0.6) is 0 Å². The van der Waals surface area contributed by atoms with Crippen molar-refractivity contribution in [1.29, 1.82) is 0 Å². The number of halogens is 2. The quantitative estimate of drug-likeness (QED) is 0.789. The average molecular weight is 287 g/mol. The van der Waals surface area contributed by atoms with Crippen LogP contribution in [-0.4, -0.2) is 23.8 Å². The van der Waals surface area contributed by atoms with Gasteiger partial charge < -0.3 is 15.2 Å². The number of alkyl carbamates (subject to hydrolysis) is 1. The first kappa shape index (κ1) is 15.9. The number of amides is 1. The molecule has 0 aliphatic carbocycles. The van der Waals surface area contributed by atoms with Gasteiger partial charge in [0.2, 0.25) is 0 Å². The molecule has 0 spiro atoms. The SMILES string of the molecule is CCCCOC(=O)NCc1ccc(F)c(C(=O)O)c1F. The molecule has 0 fully saturated rings. The van der Waals surface area contributed by atoms with E-state index in [1.54, 1.807) is 0 Å². The number of benzene rings is 1. The highest BCUT2D eigenvalue weighted by molar-refractivity contribution is 5.88. The van der Waals surface area contributed by atoms with Crippen LogP contribution >= 0.6 is 0 Å². The van der Waals surface area contributed by atoms with Crippen molar-refractivity contribution in [2.45, 2.75) is 26.3 Å². The van der Waals surface area contributed by atoms with Gasteiger partial charge in [-0.05, 0) is 12.5 Å². The van der Waals surface area contributed by atoms with Gasteiger partial charge in [-0.15, -0.1) is 0 Å². The van der Waals surface area contributed by atoms with Gasteiger partial charge in [0.15, 0.2) is 0 Å². The number of carbonyl (C=O) groups excluding carboxylic acids is 1. The van der Waals surface area contributed by atoms with Crippen LogP contribution < -0.4 is 5.32 Å². The largest absolute Gasteiger partial charge is 0.477 e. The number of ether oxygens (including phenoxy) is 1. The molecule has 1 aromatic rings. The molecule has 0 radical (unpaired) electrons. The molecule has 0 aliphatic rings. The van der Waals surface area contributed by atoms with E-state index in [2.05, 4.69) is 5.32 Å². The van der Waals surface area contributed by atoms with Crippen LogP contribution in [0.1, 0.15) is 35.7 Å². The number of aromatic carboxylic acids is 1. The minimum atomic E-state index is -1.70. The minimum Gasteiger partial charge on any atom is -0.477 e. The number of carbonyl (C=O) groups is 2. The number of nitrogens with one attached hydrogen (secondary N) is 1. The van der Waals surface area contributed by atoms with E-state index < -0.39 is 29.3 Å². The third-order valence-corrected chi connectivity index (χ3v) is 2.54. The maximum Gasteiger partial charge on any atom is 0.407 e. The molecule has 0 aromatic heterocycles. The van der Waals surface area contributed by atoms with Gasteiger partial charge in [-0.3, -0.25) is 0 Å². The summed E-state index contributed by atoms with van der Waals surface area (Å²) in [5.74, 6) is -4.07. The van der Waals surface area contributed by atoms with Gasteiger partial charge in [-0.1, -0.05) is 19.4 Å². The van der Waals surface area contributed by atoms with Crippen molar-refractivity contribution in [3.63, 3.8) is 0 Å². The highest BCUT2D eigenvalue weighted by Crippen LogP contribution is 2.17. The normalized spacial score (nSPS) is 10.2. The maximum atomic E-state index is 13.7. The highest BCUT2D eigenvalue weighted by Gasteiger charge is 2.19. The Labute approximate surface area is 114 Å². The van der Waals surface area contributed by atoms with E-state index in [0.717, 1.165) is 18.6 Å². The zero-order chi connectivity index (χ0) is 15.1. The zero-order valence-corrected chi connectivity index (χ0v) is 10.9. The third-order valence-electron chi connectivity index (χ3n) is 2.54. The Kier molecular flexibility index (Phi) is 5.89. The Bertz CT molecular complexity index is 505. The lowest BCUT2D eigenvalue weighted by molar-refractivity contribution is 0.0686. The van der Waals surface area contributed by atoms with Gasteiger partial charge >= 0.3 is 12.1 Å². The van der Waals surface area contributed by atoms with E-state index in [9.17, 15) is 18.4 Å². The average Bonchev–Trinajstić information content (AvgIpc) is 2.37. The topological polar surface area (TPSA) is 75.6 Å². The summed E-state index contributed by atoms with van der Waals surface area (Å²) in [7, 11) is 0. The summed E-state index contributed by atoms with van der Waals surface area (Å²) in [6, 6.07) is 1.91. The molecule has 1 rings (SSSR count). The van der Waals surface area contributed by atoms with E-state index in [1.807, 2.05) is 6.92 Å². The fourth-order valence-electron chi connectivity index (χ4n) is 1.46. The second-order valence-corrected chi connectivity index (χ2v) is 4.04. The van der Waals surface area contributed by atoms with Crippen LogP contribution in [0.25, 0.3) is 0 Å². The summed E-state index contributed by atoms with van der Waals surface area (Å²) >= 11 is 0. The van der Waals surface area contributed by atoms with Crippen molar-refractivity contribution in [3.8, 4) is 0 Å².